The molecule has 3 heterocycles. The Hall–Kier alpha value is -4.64. The quantitative estimate of drug-likeness (QED) is 0.295. The molecule has 2 fully saturated rings. The molecule has 2 aromatic carbocycles. The number of phenolic OH excluding ortho intramolecular Hbond substituents is 1. The van der Waals surface area contributed by atoms with Crippen LogP contribution in [0, 0.1) is 5.41 Å². The molecule has 0 radical (unpaired) electrons. The lowest BCUT2D eigenvalue weighted by Crippen LogP contribution is -2.75. The average Bonchev–Trinajstić information content (AvgIpc) is 3.28. The fraction of sp³-hybridized carbons (Fsp3) is 0.394. The Kier molecular flexibility index (Phi) is 8.26. The maximum absolute atomic E-state index is 14.2. The number of aromatic hydroxyl groups is 1. The van der Waals surface area contributed by atoms with Crippen LogP contribution in [0.1, 0.15) is 48.7 Å². The minimum atomic E-state index is -1.24. The van der Waals surface area contributed by atoms with E-state index in [9.17, 15) is 29.4 Å². The van der Waals surface area contributed by atoms with Gasteiger partial charge in [0.05, 0.1) is 18.6 Å². The molecule has 2 aliphatic heterocycles. The third-order valence-electron chi connectivity index (χ3n) is 8.17. The van der Waals surface area contributed by atoms with Gasteiger partial charge >= 0.3 is 6.09 Å². The number of fused-ring (bicyclic) bond motifs is 2. The van der Waals surface area contributed by atoms with Crippen molar-refractivity contribution < 1.29 is 29.4 Å². The SMILES string of the molecule is C=CCN1CC(=O)N2C(Cc3ccc(O)cc3)C(=O)N(Cc3cccc4c(C(=O)CC(C)(C)C)cn(C)c34)CC2N1C(=O)O. The molecule has 0 spiro atoms. The van der Waals surface area contributed by atoms with Gasteiger partial charge in [-0.3, -0.25) is 14.4 Å². The van der Waals surface area contributed by atoms with E-state index >= 15 is 0 Å². The van der Waals surface area contributed by atoms with Gasteiger partial charge < -0.3 is 24.6 Å². The normalized spacial score (nSPS) is 19.4. The number of benzene rings is 2. The molecule has 11 nitrogen and oxygen atoms in total. The number of nitrogens with zero attached hydrogens (tertiary/aromatic N) is 5. The van der Waals surface area contributed by atoms with E-state index in [-0.39, 0.29) is 61.4 Å². The summed E-state index contributed by atoms with van der Waals surface area (Å²) < 4.78 is 1.90. The molecule has 232 valence electrons. The number of carbonyl (C=O) groups excluding carboxylic acids is 3. The molecule has 5 rings (SSSR count). The van der Waals surface area contributed by atoms with Crippen LogP contribution >= 0.6 is 0 Å². The zero-order chi connectivity index (χ0) is 31.9. The van der Waals surface area contributed by atoms with Gasteiger partial charge in [-0.15, -0.1) is 6.58 Å². The van der Waals surface area contributed by atoms with E-state index in [0.29, 0.717) is 12.0 Å². The fourth-order valence-electron chi connectivity index (χ4n) is 6.37. The Morgan fingerprint density at radius 3 is 2.43 bits per heavy atom. The molecule has 0 saturated carbocycles. The molecular formula is C33H39N5O6. The number of carboxylic acid groups (broad SMARTS) is 1. The average molecular weight is 602 g/mol. The smallest absolute Gasteiger partial charge is 0.424 e. The highest BCUT2D eigenvalue weighted by molar-refractivity contribution is 6.09. The number of aryl methyl sites for hydroxylation is 1. The van der Waals surface area contributed by atoms with Crippen molar-refractivity contribution in [2.45, 2.75) is 52.4 Å². The molecule has 1 aromatic heterocycles. The van der Waals surface area contributed by atoms with Crippen LogP contribution in [0.5, 0.6) is 5.75 Å². The summed E-state index contributed by atoms with van der Waals surface area (Å²) in [5.74, 6) is -0.539. The molecule has 11 heteroatoms. The summed E-state index contributed by atoms with van der Waals surface area (Å²) in [6.45, 7) is 9.84. The standard InChI is InChI=1S/C33H39N5O6/c1-6-14-36-20-29(41)37-26(15-21-10-12-23(39)13-11-21)31(42)35(19-28(37)38(36)32(43)44)17-22-8-7-9-24-25(18-34(5)30(22)24)27(40)16-33(2,3)4/h6-13,18,26,28,39H,1,14-17,19-20H2,2-5H3,(H,43,44). The van der Waals surface area contributed by atoms with Gasteiger partial charge in [-0.25, -0.2) is 14.8 Å². The summed E-state index contributed by atoms with van der Waals surface area (Å²) in [7, 11) is 1.87. The van der Waals surface area contributed by atoms with Crippen LogP contribution in [0.4, 0.5) is 4.79 Å². The summed E-state index contributed by atoms with van der Waals surface area (Å²) in [6, 6.07) is 11.1. The van der Waals surface area contributed by atoms with E-state index in [2.05, 4.69) is 6.58 Å². The van der Waals surface area contributed by atoms with Gasteiger partial charge in [-0.1, -0.05) is 57.2 Å². The van der Waals surface area contributed by atoms with Crippen LogP contribution in [0.2, 0.25) is 0 Å². The number of aromatic nitrogens is 1. The number of hydrogen-bond donors (Lipinski definition) is 2. The Labute approximate surface area is 256 Å². The molecule has 3 aromatic rings. The third-order valence-corrected chi connectivity index (χ3v) is 8.17. The number of hydrazine groups is 1. The highest BCUT2D eigenvalue weighted by Gasteiger charge is 2.51. The van der Waals surface area contributed by atoms with Crippen molar-refractivity contribution in [2.75, 3.05) is 19.6 Å². The third kappa shape index (κ3) is 5.92. The molecule has 2 N–H and O–H groups in total. The van der Waals surface area contributed by atoms with Crippen LogP contribution < -0.4 is 0 Å². The summed E-state index contributed by atoms with van der Waals surface area (Å²) >= 11 is 0. The Balaban J connectivity index is 1.55. The summed E-state index contributed by atoms with van der Waals surface area (Å²) in [6.07, 6.45) is 1.70. The maximum Gasteiger partial charge on any atom is 0.424 e. The highest BCUT2D eigenvalue weighted by Crippen LogP contribution is 2.32. The Morgan fingerprint density at radius 2 is 1.80 bits per heavy atom. The van der Waals surface area contributed by atoms with Crippen molar-refractivity contribution in [2.24, 2.45) is 12.5 Å². The van der Waals surface area contributed by atoms with Crippen molar-refractivity contribution in [3.8, 4) is 5.75 Å². The van der Waals surface area contributed by atoms with Crippen LogP contribution in [0.25, 0.3) is 10.9 Å². The molecule has 0 aliphatic carbocycles. The number of ketones is 1. The van der Waals surface area contributed by atoms with E-state index in [1.165, 1.54) is 28.1 Å². The van der Waals surface area contributed by atoms with Crippen molar-refractivity contribution in [3.05, 3.63) is 78.0 Å². The minimum Gasteiger partial charge on any atom is -0.508 e. The monoisotopic (exact) mass is 601 g/mol. The maximum atomic E-state index is 14.2. The second-order valence-corrected chi connectivity index (χ2v) is 12.8. The van der Waals surface area contributed by atoms with Gasteiger partial charge in [0.15, 0.2) is 5.78 Å². The first kappa shape index (κ1) is 30.8. The summed E-state index contributed by atoms with van der Waals surface area (Å²) in [4.78, 5) is 56.5. The summed E-state index contributed by atoms with van der Waals surface area (Å²) in [5, 5.41) is 23.4. The zero-order valence-electron chi connectivity index (χ0n) is 25.6. The van der Waals surface area contributed by atoms with Crippen molar-refractivity contribution in [1.82, 2.24) is 24.4 Å². The van der Waals surface area contributed by atoms with E-state index in [1.807, 2.05) is 56.8 Å². The molecule has 3 amide bonds. The number of Topliss-reactive ketones (excluding diaryl/α,β-unsaturated/α-hetero) is 1. The topological polar surface area (TPSA) is 127 Å². The lowest BCUT2D eigenvalue weighted by Gasteiger charge is -2.54. The van der Waals surface area contributed by atoms with E-state index in [4.69, 9.17) is 0 Å². The van der Waals surface area contributed by atoms with Crippen LogP contribution in [0.15, 0.2) is 61.3 Å². The van der Waals surface area contributed by atoms with Crippen LogP contribution in [0.3, 0.4) is 0 Å². The van der Waals surface area contributed by atoms with Gasteiger partial charge in [0.25, 0.3) is 0 Å². The van der Waals surface area contributed by atoms with E-state index in [1.54, 1.807) is 17.0 Å². The lowest BCUT2D eigenvalue weighted by atomic mass is 9.87. The predicted molar refractivity (Wildman–Crippen MR) is 165 cm³/mol. The molecule has 2 unspecified atom stereocenters. The van der Waals surface area contributed by atoms with Crippen molar-refractivity contribution in [3.63, 3.8) is 0 Å². The van der Waals surface area contributed by atoms with Gasteiger partial charge in [-0.2, -0.15) is 0 Å². The Morgan fingerprint density at radius 1 is 1.09 bits per heavy atom. The first-order valence-electron chi connectivity index (χ1n) is 14.6. The van der Waals surface area contributed by atoms with Crippen LogP contribution in [-0.2, 0) is 29.6 Å². The first-order chi connectivity index (χ1) is 20.8. The van der Waals surface area contributed by atoms with Gasteiger partial charge in [0, 0.05) is 50.1 Å². The number of hydrogen-bond acceptors (Lipinski definition) is 6. The van der Waals surface area contributed by atoms with Gasteiger partial charge in [0.1, 0.15) is 18.0 Å². The molecule has 2 aliphatic rings. The molecule has 2 atom stereocenters. The number of para-hydroxylation sites is 1. The number of amides is 3. The fourth-order valence-corrected chi connectivity index (χ4v) is 6.37. The van der Waals surface area contributed by atoms with Gasteiger partial charge in [0.2, 0.25) is 11.8 Å². The minimum absolute atomic E-state index is 0.0345. The Bertz CT molecular complexity index is 1620. The predicted octanol–water partition coefficient (Wildman–Crippen LogP) is 4.01. The van der Waals surface area contributed by atoms with E-state index in [0.717, 1.165) is 27.0 Å². The molecule has 0 bridgehead atoms. The zero-order valence-corrected chi connectivity index (χ0v) is 25.6. The number of piperazine rings is 1. The number of rotatable bonds is 8. The largest absolute Gasteiger partial charge is 0.508 e. The van der Waals surface area contributed by atoms with Gasteiger partial charge in [-0.05, 0) is 28.7 Å². The van der Waals surface area contributed by atoms with Crippen molar-refractivity contribution >= 4 is 34.6 Å². The molecule has 2 saturated heterocycles. The van der Waals surface area contributed by atoms with Crippen molar-refractivity contribution in [1.29, 1.82) is 0 Å². The second-order valence-electron chi connectivity index (χ2n) is 12.8. The first-order valence-corrected chi connectivity index (χ1v) is 14.6. The summed E-state index contributed by atoms with van der Waals surface area (Å²) in [5.41, 5.74) is 2.78. The van der Waals surface area contributed by atoms with E-state index < -0.39 is 18.3 Å². The molecular weight excluding hydrogens is 562 g/mol. The number of carbonyl (C=O) groups is 4. The highest BCUT2D eigenvalue weighted by atomic mass is 16.4. The van der Waals surface area contributed by atoms with Crippen LogP contribution in [-0.4, -0.2) is 90.1 Å². The number of phenols is 1. The second kappa shape index (κ2) is 11.8. The molecule has 44 heavy (non-hydrogen) atoms. The lowest BCUT2D eigenvalue weighted by molar-refractivity contribution is -0.192.